The molecule has 142 valence electrons. The summed E-state index contributed by atoms with van der Waals surface area (Å²) in [7, 11) is 3.16. The van der Waals surface area contributed by atoms with E-state index in [1.165, 1.54) is 30.3 Å². The van der Waals surface area contributed by atoms with Crippen molar-refractivity contribution in [2.24, 2.45) is 0 Å². The van der Waals surface area contributed by atoms with Gasteiger partial charge in [0, 0.05) is 16.0 Å². The summed E-state index contributed by atoms with van der Waals surface area (Å²) in [5.74, 6) is -0.0330. The molecule has 0 saturated heterocycles. The zero-order valence-corrected chi connectivity index (χ0v) is 16.2. The summed E-state index contributed by atoms with van der Waals surface area (Å²) in [4.78, 5) is 24.3. The zero-order valence-electron chi connectivity index (χ0n) is 15.3. The maximum absolute atomic E-state index is 12.4. The van der Waals surface area contributed by atoms with Gasteiger partial charge in [0.25, 0.3) is 0 Å². The number of ketones is 1. The highest BCUT2D eigenvalue weighted by Gasteiger charge is 2.14. The van der Waals surface area contributed by atoms with E-state index in [9.17, 15) is 9.59 Å². The van der Waals surface area contributed by atoms with Gasteiger partial charge in [-0.25, -0.2) is 4.79 Å². The number of carboxylic acids is 1. The Labute approximate surface area is 166 Å². The quantitative estimate of drug-likeness (QED) is 0.450. The van der Waals surface area contributed by atoms with Crippen molar-refractivity contribution in [1.82, 2.24) is 0 Å². The van der Waals surface area contributed by atoms with Crippen LogP contribution in [0.15, 0.2) is 60.0 Å². The van der Waals surface area contributed by atoms with Crippen LogP contribution in [0.5, 0.6) is 11.5 Å². The van der Waals surface area contributed by atoms with E-state index in [2.05, 4.69) is 0 Å². The molecule has 28 heavy (non-hydrogen) atoms. The maximum Gasteiger partial charge on any atom is 0.335 e. The van der Waals surface area contributed by atoms with Crippen molar-refractivity contribution in [1.29, 1.82) is 0 Å². The largest absolute Gasteiger partial charge is 0.493 e. The molecule has 3 aromatic rings. The monoisotopic (exact) mass is 394 g/mol. The van der Waals surface area contributed by atoms with Crippen LogP contribution in [0.4, 0.5) is 0 Å². The predicted octanol–water partition coefficient (Wildman–Crippen LogP) is 5.03. The van der Waals surface area contributed by atoms with Gasteiger partial charge in [0.2, 0.25) is 0 Å². The lowest BCUT2D eigenvalue weighted by Gasteiger charge is -2.13. The van der Waals surface area contributed by atoms with Gasteiger partial charge in [-0.15, -0.1) is 11.3 Å². The smallest absolute Gasteiger partial charge is 0.335 e. The molecule has 0 bridgehead atoms. The molecule has 0 aliphatic rings. The fraction of sp³-hybridized carbons (Fsp3) is 0.0909. The number of carbonyl (C=O) groups excluding carboxylic acids is 1. The number of benzene rings is 2. The highest BCUT2D eigenvalue weighted by atomic mass is 32.1. The minimum Gasteiger partial charge on any atom is -0.493 e. The van der Waals surface area contributed by atoms with Crippen LogP contribution in [0.3, 0.4) is 0 Å². The van der Waals surface area contributed by atoms with Crippen molar-refractivity contribution in [2.45, 2.75) is 0 Å². The van der Waals surface area contributed by atoms with Crippen molar-refractivity contribution in [3.05, 3.63) is 76.7 Å². The maximum atomic E-state index is 12.4. The van der Waals surface area contributed by atoms with E-state index in [-0.39, 0.29) is 11.3 Å². The van der Waals surface area contributed by atoms with Gasteiger partial charge in [-0.2, -0.15) is 0 Å². The Balaban J connectivity index is 1.92. The molecule has 3 rings (SSSR count). The number of ether oxygens (including phenoxy) is 2. The number of methoxy groups -OCH3 is 2. The van der Waals surface area contributed by atoms with E-state index < -0.39 is 5.97 Å². The molecule has 1 N–H and O–H groups in total. The zero-order chi connectivity index (χ0) is 20.1. The van der Waals surface area contributed by atoms with Crippen LogP contribution >= 0.6 is 11.3 Å². The summed E-state index contributed by atoms with van der Waals surface area (Å²) in [6, 6.07) is 13.5. The first-order chi connectivity index (χ1) is 13.5. The molecule has 0 radical (unpaired) electrons. The van der Waals surface area contributed by atoms with Crippen LogP contribution < -0.4 is 9.47 Å². The molecule has 0 unspecified atom stereocenters. The van der Waals surface area contributed by atoms with Gasteiger partial charge in [-0.1, -0.05) is 24.3 Å². The molecule has 2 aromatic carbocycles. The first-order valence-corrected chi connectivity index (χ1v) is 9.27. The molecule has 6 heteroatoms. The van der Waals surface area contributed by atoms with E-state index >= 15 is 0 Å². The number of carboxylic acid groups (broad SMARTS) is 1. The van der Waals surface area contributed by atoms with Crippen LogP contribution in [0.1, 0.15) is 26.3 Å². The molecule has 0 spiro atoms. The molecule has 1 heterocycles. The number of rotatable bonds is 7. The molecule has 0 amide bonds. The van der Waals surface area contributed by atoms with E-state index in [0.29, 0.717) is 17.1 Å². The highest BCUT2D eigenvalue weighted by Crippen LogP contribution is 2.41. The Kier molecular flexibility index (Phi) is 5.91. The van der Waals surface area contributed by atoms with Gasteiger partial charge in [0.1, 0.15) is 0 Å². The second kappa shape index (κ2) is 8.54. The molecular weight excluding hydrogens is 376 g/mol. The Hall–Kier alpha value is -3.38. The topological polar surface area (TPSA) is 72.8 Å². The number of thiophene rings is 1. The van der Waals surface area contributed by atoms with E-state index in [0.717, 1.165) is 16.0 Å². The predicted molar refractivity (Wildman–Crippen MR) is 110 cm³/mol. The molecule has 5 nitrogen and oxygen atoms in total. The molecule has 0 fully saturated rings. The lowest BCUT2D eigenvalue weighted by Crippen LogP contribution is -1.99. The fourth-order valence-electron chi connectivity index (χ4n) is 2.74. The second-order valence-electron chi connectivity index (χ2n) is 5.86. The van der Waals surface area contributed by atoms with Crippen molar-refractivity contribution in [3.63, 3.8) is 0 Å². The molecule has 0 aliphatic carbocycles. The van der Waals surface area contributed by atoms with Crippen LogP contribution in [-0.4, -0.2) is 31.1 Å². The third kappa shape index (κ3) is 4.13. The summed E-state index contributed by atoms with van der Waals surface area (Å²) in [5.41, 5.74) is 2.23. The summed E-state index contributed by atoms with van der Waals surface area (Å²) >= 11 is 1.58. The van der Waals surface area contributed by atoms with Crippen molar-refractivity contribution in [2.75, 3.05) is 14.2 Å². The number of aromatic carboxylic acids is 1. The minimum absolute atomic E-state index is 0.140. The summed E-state index contributed by atoms with van der Waals surface area (Å²) in [5, 5.41) is 10.9. The Bertz CT molecular complexity index is 1020. The normalized spacial score (nSPS) is 10.8. The van der Waals surface area contributed by atoms with Gasteiger partial charge in [-0.05, 0) is 47.4 Å². The lowest BCUT2D eigenvalue weighted by atomic mass is 10.0. The fourth-order valence-corrected chi connectivity index (χ4v) is 3.48. The average molecular weight is 394 g/mol. The lowest BCUT2D eigenvalue weighted by molar-refractivity contribution is 0.0696. The first-order valence-electron chi connectivity index (χ1n) is 8.39. The number of hydrogen-bond acceptors (Lipinski definition) is 5. The van der Waals surface area contributed by atoms with Crippen molar-refractivity contribution in [3.8, 4) is 21.9 Å². The van der Waals surface area contributed by atoms with Crippen LogP contribution in [0, 0.1) is 0 Å². The van der Waals surface area contributed by atoms with Crippen LogP contribution in [0.2, 0.25) is 0 Å². The summed E-state index contributed by atoms with van der Waals surface area (Å²) < 4.78 is 11.0. The van der Waals surface area contributed by atoms with Gasteiger partial charge >= 0.3 is 5.97 Å². The van der Waals surface area contributed by atoms with Gasteiger partial charge < -0.3 is 14.6 Å². The summed E-state index contributed by atoms with van der Waals surface area (Å²) in [6.07, 6.45) is 3.15. The van der Waals surface area contributed by atoms with Crippen molar-refractivity contribution >= 4 is 29.2 Å². The third-order valence-corrected chi connectivity index (χ3v) is 5.03. The summed E-state index contributed by atoms with van der Waals surface area (Å²) in [6.45, 7) is 0. The Morgan fingerprint density at radius 1 is 1.00 bits per heavy atom. The molecule has 0 atom stereocenters. The average Bonchev–Trinajstić information content (AvgIpc) is 3.26. The molecule has 1 aromatic heterocycles. The van der Waals surface area contributed by atoms with E-state index in [1.54, 1.807) is 37.7 Å². The van der Waals surface area contributed by atoms with Gasteiger partial charge in [-0.3, -0.25) is 4.79 Å². The third-order valence-electron chi connectivity index (χ3n) is 4.13. The van der Waals surface area contributed by atoms with E-state index in [1.807, 2.05) is 23.6 Å². The van der Waals surface area contributed by atoms with Crippen molar-refractivity contribution < 1.29 is 24.2 Å². The Morgan fingerprint density at radius 3 is 2.29 bits per heavy atom. The second-order valence-corrected chi connectivity index (χ2v) is 6.81. The standard InChI is InChI=1S/C22H18O5S/c1-26-19-13-14(12-17(21(19)27-2)20-4-3-11-28-20)5-10-18(23)15-6-8-16(9-7-15)22(24)25/h3-13H,1-2H3,(H,24,25). The van der Waals surface area contributed by atoms with Gasteiger partial charge in [0.05, 0.1) is 19.8 Å². The Morgan fingerprint density at radius 2 is 1.71 bits per heavy atom. The number of carbonyl (C=O) groups is 2. The number of allylic oxidation sites excluding steroid dienone is 1. The van der Waals surface area contributed by atoms with Crippen LogP contribution in [-0.2, 0) is 0 Å². The highest BCUT2D eigenvalue weighted by molar-refractivity contribution is 7.13. The number of hydrogen-bond donors (Lipinski definition) is 1. The van der Waals surface area contributed by atoms with Crippen LogP contribution in [0.25, 0.3) is 16.5 Å². The van der Waals surface area contributed by atoms with E-state index in [4.69, 9.17) is 14.6 Å². The first kappa shape index (κ1) is 19.4. The molecule has 0 saturated carbocycles. The van der Waals surface area contributed by atoms with Gasteiger partial charge in [0.15, 0.2) is 17.3 Å². The molecule has 0 aliphatic heterocycles. The minimum atomic E-state index is -1.03. The molecular formula is C22H18O5S. The SMILES string of the molecule is COc1cc(C=CC(=O)c2ccc(C(=O)O)cc2)cc(-c2cccs2)c1OC.